The fourth-order valence-corrected chi connectivity index (χ4v) is 3.79. The van der Waals surface area contributed by atoms with Gasteiger partial charge in [0, 0.05) is 36.8 Å². The van der Waals surface area contributed by atoms with Gasteiger partial charge in [0.25, 0.3) is 5.56 Å². The van der Waals surface area contributed by atoms with Gasteiger partial charge in [-0.05, 0) is 30.3 Å². The van der Waals surface area contributed by atoms with E-state index < -0.39 is 0 Å². The van der Waals surface area contributed by atoms with Crippen molar-refractivity contribution in [3.05, 3.63) is 53.1 Å². The lowest BCUT2D eigenvalue weighted by Crippen LogP contribution is -2.19. The number of aromatic nitrogens is 3. The van der Waals surface area contributed by atoms with Crippen molar-refractivity contribution in [2.75, 3.05) is 19.0 Å². The number of anilines is 1. The summed E-state index contributed by atoms with van der Waals surface area (Å²) < 4.78 is 1.96. The van der Waals surface area contributed by atoms with Crippen molar-refractivity contribution in [1.82, 2.24) is 14.8 Å². The number of phenolic OH excluding ortho intramolecular Hbond substituents is 1. The molecule has 0 saturated heterocycles. The Morgan fingerprint density at radius 3 is 2.62 bits per heavy atom. The molecular formula is C17H14N4O2S. The maximum Gasteiger partial charge on any atom is 0.289 e. The van der Waals surface area contributed by atoms with Crippen LogP contribution in [-0.2, 0) is 0 Å². The van der Waals surface area contributed by atoms with E-state index in [9.17, 15) is 9.90 Å². The first-order valence-electron chi connectivity index (χ1n) is 7.32. The molecule has 0 aliphatic rings. The minimum absolute atomic E-state index is 0.148. The highest BCUT2D eigenvalue weighted by atomic mass is 32.1. The monoisotopic (exact) mass is 338 g/mol. The number of aromatic hydroxyl groups is 1. The standard InChI is InChI=1S/C17H14N4O2S/c1-20(2)13-7-8-18-16-14(13)12-9-19-21(17(23)15(12)24-16)10-3-5-11(22)6-4-10/h3-9,22H,1-2H3. The molecular weight excluding hydrogens is 324 g/mol. The van der Waals surface area contributed by atoms with Gasteiger partial charge >= 0.3 is 0 Å². The number of phenols is 1. The average molecular weight is 338 g/mol. The Hall–Kier alpha value is -2.93. The molecule has 1 aromatic carbocycles. The van der Waals surface area contributed by atoms with Gasteiger partial charge in [0.1, 0.15) is 15.3 Å². The number of nitrogens with zero attached hydrogens (tertiary/aromatic N) is 4. The molecule has 0 fully saturated rings. The van der Waals surface area contributed by atoms with Crippen molar-refractivity contribution in [2.45, 2.75) is 0 Å². The van der Waals surface area contributed by atoms with Gasteiger partial charge in [-0.1, -0.05) is 0 Å². The second-order valence-electron chi connectivity index (χ2n) is 5.63. The van der Waals surface area contributed by atoms with Gasteiger partial charge in [-0.15, -0.1) is 11.3 Å². The zero-order valence-corrected chi connectivity index (χ0v) is 13.9. The van der Waals surface area contributed by atoms with Gasteiger partial charge in [-0.25, -0.2) is 4.98 Å². The molecule has 1 N–H and O–H groups in total. The van der Waals surface area contributed by atoms with Crippen LogP contribution in [0.15, 0.2) is 47.5 Å². The van der Waals surface area contributed by atoms with E-state index >= 15 is 0 Å². The van der Waals surface area contributed by atoms with Crippen LogP contribution < -0.4 is 10.5 Å². The van der Waals surface area contributed by atoms with E-state index in [1.165, 1.54) is 28.2 Å². The summed E-state index contributed by atoms with van der Waals surface area (Å²) in [6.45, 7) is 0. The van der Waals surface area contributed by atoms with Gasteiger partial charge < -0.3 is 10.0 Å². The average Bonchev–Trinajstić information content (AvgIpc) is 2.96. The maximum atomic E-state index is 12.9. The van der Waals surface area contributed by atoms with Gasteiger partial charge in [0.05, 0.1) is 11.9 Å². The Labute approximate surface area is 141 Å². The van der Waals surface area contributed by atoms with Gasteiger partial charge in [0.15, 0.2) is 0 Å². The van der Waals surface area contributed by atoms with E-state index in [0.29, 0.717) is 10.4 Å². The lowest BCUT2D eigenvalue weighted by molar-refractivity contribution is 0.475. The summed E-state index contributed by atoms with van der Waals surface area (Å²) in [6.07, 6.45) is 3.45. The minimum Gasteiger partial charge on any atom is -0.508 e. The number of hydrogen-bond donors (Lipinski definition) is 1. The molecule has 0 saturated carbocycles. The van der Waals surface area contributed by atoms with Crippen LogP contribution >= 0.6 is 11.3 Å². The SMILES string of the molecule is CN(C)c1ccnc2sc3c(=O)n(-c4ccc(O)cc4)ncc3c12. The molecule has 4 aromatic rings. The first-order chi connectivity index (χ1) is 11.6. The van der Waals surface area contributed by atoms with Crippen LogP contribution in [-0.4, -0.2) is 34.0 Å². The molecule has 24 heavy (non-hydrogen) atoms. The van der Waals surface area contributed by atoms with Crippen LogP contribution in [0.1, 0.15) is 0 Å². The van der Waals surface area contributed by atoms with Crippen LogP contribution in [0.5, 0.6) is 5.75 Å². The van der Waals surface area contributed by atoms with E-state index in [0.717, 1.165) is 21.3 Å². The highest BCUT2D eigenvalue weighted by Gasteiger charge is 2.16. The predicted molar refractivity (Wildman–Crippen MR) is 96.5 cm³/mol. The number of hydrogen-bond acceptors (Lipinski definition) is 6. The molecule has 0 aliphatic carbocycles. The fourth-order valence-electron chi connectivity index (χ4n) is 2.73. The largest absolute Gasteiger partial charge is 0.508 e. The third-order valence-corrected chi connectivity index (χ3v) is 4.97. The topological polar surface area (TPSA) is 71.2 Å². The smallest absolute Gasteiger partial charge is 0.289 e. The highest BCUT2D eigenvalue weighted by molar-refractivity contribution is 7.25. The summed E-state index contributed by atoms with van der Waals surface area (Å²) in [4.78, 5) is 20.1. The molecule has 0 unspecified atom stereocenters. The second kappa shape index (κ2) is 5.31. The number of fused-ring (bicyclic) bond motifs is 3. The van der Waals surface area contributed by atoms with E-state index in [2.05, 4.69) is 10.1 Å². The molecule has 3 aromatic heterocycles. The van der Waals surface area contributed by atoms with Crippen LogP contribution in [0.3, 0.4) is 0 Å². The molecule has 6 nitrogen and oxygen atoms in total. The molecule has 3 heterocycles. The molecule has 0 radical (unpaired) electrons. The summed E-state index contributed by atoms with van der Waals surface area (Å²) in [6, 6.07) is 8.31. The molecule has 0 amide bonds. The fraction of sp³-hybridized carbons (Fsp3) is 0.118. The number of pyridine rings is 1. The van der Waals surface area contributed by atoms with Crippen LogP contribution in [0, 0.1) is 0 Å². The zero-order chi connectivity index (χ0) is 16.8. The Morgan fingerprint density at radius 2 is 1.92 bits per heavy atom. The summed E-state index contributed by atoms with van der Waals surface area (Å²) in [5, 5.41) is 15.5. The van der Waals surface area contributed by atoms with Crippen molar-refractivity contribution in [3.63, 3.8) is 0 Å². The summed E-state index contributed by atoms with van der Waals surface area (Å²) >= 11 is 1.37. The van der Waals surface area contributed by atoms with E-state index in [4.69, 9.17) is 0 Å². The number of benzene rings is 1. The van der Waals surface area contributed by atoms with Gasteiger partial charge in [0.2, 0.25) is 0 Å². The molecule has 0 atom stereocenters. The second-order valence-corrected chi connectivity index (χ2v) is 6.63. The molecule has 7 heteroatoms. The molecule has 0 spiro atoms. The third kappa shape index (κ3) is 2.13. The summed E-state index contributed by atoms with van der Waals surface area (Å²) in [5.74, 6) is 0.148. The minimum atomic E-state index is -0.189. The Balaban J connectivity index is 2.04. The summed E-state index contributed by atoms with van der Waals surface area (Å²) in [7, 11) is 3.92. The van der Waals surface area contributed by atoms with Crippen LogP contribution in [0.2, 0.25) is 0 Å². The third-order valence-electron chi connectivity index (χ3n) is 3.87. The van der Waals surface area contributed by atoms with Crippen molar-refractivity contribution >= 4 is 37.3 Å². The number of rotatable bonds is 2. The maximum absolute atomic E-state index is 12.9. The van der Waals surface area contributed by atoms with Crippen LogP contribution in [0.4, 0.5) is 5.69 Å². The van der Waals surface area contributed by atoms with Crippen molar-refractivity contribution in [3.8, 4) is 11.4 Å². The zero-order valence-electron chi connectivity index (χ0n) is 13.1. The van der Waals surface area contributed by atoms with Crippen molar-refractivity contribution < 1.29 is 5.11 Å². The van der Waals surface area contributed by atoms with E-state index in [1.807, 2.05) is 25.1 Å². The Bertz CT molecular complexity index is 1110. The quantitative estimate of drug-likeness (QED) is 0.608. The normalized spacial score (nSPS) is 11.2. The van der Waals surface area contributed by atoms with Crippen molar-refractivity contribution in [2.24, 2.45) is 0 Å². The molecule has 0 aliphatic heterocycles. The first kappa shape index (κ1) is 14.6. The van der Waals surface area contributed by atoms with Gasteiger partial charge in [-0.2, -0.15) is 9.78 Å². The van der Waals surface area contributed by atoms with E-state index in [-0.39, 0.29) is 11.3 Å². The lowest BCUT2D eigenvalue weighted by Gasteiger charge is -2.13. The summed E-state index contributed by atoms with van der Waals surface area (Å²) in [5.41, 5.74) is 1.43. The highest BCUT2D eigenvalue weighted by Crippen LogP contribution is 2.35. The predicted octanol–water partition coefficient (Wildman–Crippen LogP) is 2.77. The molecule has 120 valence electrons. The van der Waals surface area contributed by atoms with Crippen LogP contribution in [0.25, 0.3) is 26.0 Å². The van der Waals surface area contributed by atoms with Gasteiger partial charge in [-0.3, -0.25) is 4.79 Å². The Kier molecular flexibility index (Phi) is 3.24. The van der Waals surface area contributed by atoms with E-state index in [1.54, 1.807) is 24.5 Å². The van der Waals surface area contributed by atoms with Crippen molar-refractivity contribution in [1.29, 1.82) is 0 Å². The molecule has 4 rings (SSSR count). The first-order valence-corrected chi connectivity index (χ1v) is 8.14. The number of thiophene rings is 1. The lowest BCUT2D eigenvalue weighted by atomic mass is 10.2. The molecule has 0 bridgehead atoms. The Morgan fingerprint density at radius 1 is 1.17 bits per heavy atom.